The summed E-state index contributed by atoms with van der Waals surface area (Å²) in [5, 5.41) is 18.1. The highest BCUT2D eigenvalue weighted by atomic mass is 16.4. The average Bonchev–Trinajstić information content (AvgIpc) is 2.83. The molecule has 0 atom stereocenters. The third kappa shape index (κ3) is 3.31. The number of carbonyl (C=O) groups is 2. The van der Waals surface area contributed by atoms with Crippen LogP contribution in [-0.2, 0) is 13.6 Å². The maximum Gasteiger partial charge on any atom is 0.356 e. The van der Waals surface area contributed by atoms with Crippen molar-refractivity contribution in [3.63, 3.8) is 0 Å². The number of carbonyl (C=O) groups excluding carboxylic acids is 1. The van der Waals surface area contributed by atoms with E-state index < -0.39 is 12.0 Å². The number of pyridine rings is 1. The van der Waals surface area contributed by atoms with Crippen molar-refractivity contribution in [2.75, 3.05) is 5.32 Å². The van der Waals surface area contributed by atoms with E-state index in [9.17, 15) is 9.59 Å². The fraction of sp³-hybridized carbons (Fsp3) is 0.167. The van der Waals surface area contributed by atoms with Gasteiger partial charge >= 0.3 is 12.0 Å². The van der Waals surface area contributed by atoms with E-state index in [2.05, 4.69) is 20.7 Å². The minimum atomic E-state index is -1.20. The first-order chi connectivity index (χ1) is 9.56. The zero-order valence-electron chi connectivity index (χ0n) is 10.7. The van der Waals surface area contributed by atoms with Gasteiger partial charge in [-0.1, -0.05) is 0 Å². The summed E-state index contributed by atoms with van der Waals surface area (Å²) in [6, 6.07) is 4.26. The summed E-state index contributed by atoms with van der Waals surface area (Å²) in [7, 11) is 1.78. The Bertz CT molecular complexity index is 638. The molecule has 3 N–H and O–H groups in total. The first-order valence-electron chi connectivity index (χ1n) is 5.78. The van der Waals surface area contributed by atoms with Crippen LogP contribution in [0, 0.1) is 0 Å². The molecule has 0 aliphatic rings. The predicted octanol–water partition coefficient (Wildman–Crippen LogP) is 0.835. The molecule has 8 nitrogen and oxygen atoms in total. The molecule has 0 aromatic carbocycles. The zero-order valence-corrected chi connectivity index (χ0v) is 10.7. The summed E-state index contributed by atoms with van der Waals surface area (Å²) in [4.78, 5) is 26.3. The average molecular weight is 275 g/mol. The van der Waals surface area contributed by atoms with E-state index in [0.29, 0.717) is 5.69 Å². The Morgan fingerprint density at radius 1 is 1.40 bits per heavy atom. The first kappa shape index (κ1) is 13.5. The van der Waals surface area contributed by atoms with Crippen LogP contribution >= 0.6 is 0 Å². The molecule has 0 radical (unpaired) electrons. The SMILES string of the molecule is Cn1ccc(CNC(=O)Nc2cccnc2C(=O)O)n1. The van der Waals surface area contributed by atoms with Crippen LogP contribution in [0.1, 0.15) is 16.2 Å². The number of urea groups is 1. The van der Waals surface area contributed by atoms with Crippen LogP contribution in [0.25, 0.3) is 0 Å². The number of aryl methyl sites for hydroxylation is 1. The fourth-order valence-corrected chi connectivity index (χ4v) is 1.57. The van der Waals surface area contributed by atoms with Crippen LogP contribution in [0.5, 0.6) is 0 Å². The number of anilines is 1. The number of hydrogen-bond acceptors (Lipinski definition) is 4. The number of carboxylic acid groups (broad SMARTS) is 1. The summed E-state index contributed by atoms with van der Waals surface area (Å²) in [5.74, 6) is -1.20. The molecule has 0 saturated carbocycles. The van der Waals surface area contributed by atoms with E-state index in [4.69, 9.17) is 5.11 Å². The molecule has 20 heavy (non-hydrogen) atoms. The predicted molar refractivity (Wildman–Crippen MR) is 70.3 cm³/mol. The van der Waals surface area contributed by atoms with Crippen molar-refractivity contribution >= 4 is 17.7 Å². The molecule has 0 aliphatic carbocycles. The number of carboxylic acids is 1. The molecule has 0 aliphatic heterocycles. The topological polar surface area (TPSA) is 109 Å². The lowest BCUT2D eigenvalue weighted by Crippen LogP contribution is -2.29. The molecule has 2 amide bonds. The van der Waals surface area contributed by atoms with Crippen LogP contribution in [0.3, 0.4) is 0 Å². The Morgan fingerprint density at radius 3 is 2.85 bits per heavy atom. The second-order valence-electron chi connectivity index (χ2n) is 3.99. The maximum absolute atomic E-state index is 11.7. The largest absolute Gasteiger partial charge is 0.476 e. The Morgan fingerprint density at radius 2 is 2.20 bits per heavy atom. The number of amides is 2. The molecular formula is C12H13N5O3. The van der Waals surface area contributed by atoms with Crippen molar-refractivity contribution in [2.45, 2.75) is 6.54 Å². The van der Waals surface area contributed by atoms with Gasteiger partial charge in [0.25, 0.3) is 0 Å². The third-order valence-electron chi connectivity index (χ3n) is 2.46. The Labute approximate surface area is 114 Å². The molecule has 104 valence electrons. The van der Waals surface area contributed by atoms with Crippen molar-refractivity contribution in [1.29, 1.82) is 0 Å². The number of aromatic carboxylic acids is 1. The number of nitrogens with zero attached hydrogens (tertiary/aromatic N) is 3. The van der Waals surface area contributed by atoms with E-state index in [1.165, 1.54) is 12.3 Å². The van der Waals surface area contributed by atoms with Crippen molar-refractivity contribution in [3.8, 4) is 0 Å². The van der Waals surface area contributed by atoms with Gasteiger partial charge < -0.3 is 15.7 Å². The normalized spacial score (nSPS) is 10.1. The quantitative estimate of drug-likeness (QED) is 0.765. The van der Waals surface area contributed by atoms with Gasteiger partial charge in [0.15, 0.2) is 5.69 Å². The lowest BCUT2D eigenvalue weighted by atomic mass is 10.3. The fourth-order valence-electron chi connectivity index (χ4n) is 1.57. The van der Waals surface area contributed by atoms with Crippen LogP contribution < -0.4 is 10.6 Å². The standard InChI is InChI=1S/C12H13N5O3/c1-17-6-4-8(16-17)7-14-12(20)15-9-3-2-5-13-10(9)11(18)19/h2-6H,7H2,1H3,(H,18,19)(H2,14,15,20). The minimum absolute atomic E-state index is 0.138. The molecule has 0 spiro atoms. The Kier molecular flexibility index (Phi) is 3.94. The van der Waals surface area contributed by atoms with Crippen molar-refractivity contribution < 1.29 is 14.7 Å². The van der Waals surface area contributed by atoms with Gasteiger partial charge in [-0.3, -0.25) is 4.68 Å². The summed E-state index contributed by atoms with van der Waals surface area (Å²) in [6.45, 7) is 0.245. The molecule has 0 bridgehead atoms. The summed E-state index contributed by atoms with van der Waals surface area (Å²) in [5.41, 5.74) is 0.631. The van der Waals surface area contributed by atoms with Crippen LogP contribution in [-0.4, -0.2) is 31.9 Å². The van der Waals surface area contributed by atoms with Gasteiger partial charge in [-0.05, 0) is 18.2 Å². The van der Waals surface area contributed by atoms with Gasteiger partial charge in [0.1, 0.15) is 0 Å². The van der Waals surface area contributed by atoms with Gasteiger partial charge in [-0.25, -0.2) is 14.6 Å². The molecular weight excluding hydrogens is 262 g/mol. The van der Waals surface area contributed by atoms with E-state index in [-0.39, 0.29) is 17.9 Å². The van der Waals surface area contributed by atoms with E-state index in [1.807, 2.05) is 0 Å². The summed E-state index contributed by atoms with van der Waals surface area (Å²) >= 11 is 0. The van der Waals surface area contributed by atoms with Crippen LogP contribution in [0.4, 0.5) is 10.5 Å². The number of rotatable bonds is 4. The highest BCUT2D eigenvalue weighted by Crippen LogP contribution is 2.11. The maximum atomic E-state index is 11.7. The number of aromatic nitrogens is 3. The first-order valence-corrected chi connectivity index (χ1v) is 5.78. The van der Waals surface area contributed by atoms with Crippen LogP contribution in [0.15, 0.2) is 30.6 Å². The lowest BCUT2D eigenvalue weighted by molar-refractivity contribution is 0.0691. The highest BCUT2D eigenvalue weighted by Gasteiger charge is 2.13. The van der Waals surface area contributed by atoms with E-state index in [0.717, 1.165) is 0 Å². The molecule has 8 heteroatoms. The molecule has 0 fully saturated rings. The second-order valence-corrected chi connectivity index (χ2v) is 3.99. The Hall–Kier alpha value is -2.90. The number of nitrogens with one attached hydrogen (secondary N) is 2. The van der Waals surface area contributed by atoms with E-state index >= 15 is 0 Å². The molecule has 0 unspecified atom stereocenters. The van der Waals surface area contributed by atoms with Crippen molar-refractivity contribution in [2.24, 2.45) is 7.05 Å². The molecule has 0 saturated heterocycles. The zero-order chi connectivity index (χ0) is 14.5. The highest BCUT2D eigenvalue weighted by molar-refractivity contribution is 5.98. The smallest absolute Gasteiger partial charge is 0.356 e. The second kappa shape index (κ2) is 5.83. The van der Waals surface area contributed by atoms with Gasteiger partial charge in [0.05, 0.1) is 17.9 Å². The summed E-state index contributed by atoms with van der Waals surface area (Å²) in [6.07, 6.45) is 3.11. The monoisotopic (exact) mass is 275 g/mol. The molecule has 2 aromatic rings. The van der Waals surface area contributed by atoms with Crippen molar-refractivity contribution in [3.05, 3.63) is 42.0 Å². The van der Waals surface area contributed by atoms with Crippen LogP contribution in [0.2, 0.25) is 0 Å². The lowest BCUT2D eigenvalue weighted by Gasteiger charge is -2.08. The van der Waals surface area contributed by atoms with Gasteiger partial charge in [-0.15, -0.1) is 0 Å². The third-order valence-corrected chi connectivity index (χ3v) is 2.46. The minimum Gasteiger partial charge on any atom is -0.476 e. The van der Waals surface area contributed by atoms with E-state index in [1.54, 1.807) is 30.1 Å². The van der Waals surface area contributed by atoms with Crippen molar-refractivity contribution in [1.82, 2.24) is 20.1 Å². The van der Waals surface area contributed by atoms with Gasteiger partial charge in [0.2, 0.25) is 0 Å². The van der Waals surface area contributed by atoms with Gasteiger partial charge in [0, 0.05) is 19.4 Å². The van der Waals surface area contributed by atoms with Gasteiger partial charge in [-0.2, -0.15) is 5.10 Å². The number of hydrogen-bond donors (Lipinski definition) is 3. The summed E-state index contributed by atoms with van der Waals surface area (Å²) < 4.78 is 1.62. The Balaban J connectivity index is 1.96. The molecule has 2 heterocycles. The molecule has 2 rings (SSSR count). The molecule has 2 aromatic heterocycles.